The van der Waals surface area contributed by atoms with Crippen LogP contribution < -0.4 is 11.1 Å². The van der Waals surface area contributed by atoms with Crippen molar-refractivity contribution in [3.05, 3.63) is 52.9 Å². The number of aromatic nitrogens is 2. The van der Waals surface area contributed by atoms with Gasteiger partial charge in [0.1, 0.15) is 5.82 Å². The van der Waals surface area contributed by atoms with Crippen LogP contribution in [0, 0.1) is 0 Å². The molecule has 1 saturated heterocycles. The second-order valence-electron chi connectivity index (χ2n) is 7.23. The molecule has 152 valence electrons. The Morgan fingerprint density at radius 3 is 2.76 bits per heavy atom. The van der Waals surface area contributed by atoms with Crippen molar-refractivity contribution < 1.29 is 4.74 Å². The van der Waals surface area contributed by atoms with Crippen LogP contribution in [0.1, 0.15) is 29.0 Å². The zero-order valence-electron chi connectivity index (χ0n) is 16.7. The van der Waals surface area contributed by atoms with E-state index in [1.165, 1.54) is 10.4 Å². The predicted octanol–water partition coefficient (Wildman–Crippen LogP) is 3.96. The Bertz CT molecular complexity index is 982. The first-order valence-electron chi connectivity index (χ1n) is 9.98. The third-order valence-electron chi connectivity index (χ3n) is 5.28. The molecule has 1 aliphatic rings. The quantitative estimate of drug-likeness (QED) is 0.615. The molecule has 1 fully saturated rings. The number of nitrogen functional groups attached to an aromatic ring is 1. The number of hydrogen-bond donors (Lipinski definition) is 2. The van der Waals surface area contributed by atoms with Crippen LogP contribution in [0.2, 0.25) is 0 Å². The highest BCUT2D eigenvalue weighted by atomic mass is 32.1. The molecule has 6 nitrogen and oxygen atoms in total. The highest BCUT2D eigenvalue weighted by molar-refractivity contribution is 7.20. The minimum Gasteiger partial charge on any atom is -0.379 e. The van der Waals surface area contributed by atoms with Crippen molar-refractivity contribution >= 4 is 39.4 Å². The van der Waals surface area contributed by atoms with E-state index in [1.54, 1.807) is 11.3 Å². The molecule has 7 heteroatoms. The molecule has 0 aliphatic carbocycles. The van der Waals surface area contributed by atoms with Gasteiger partial charge in [0.15, 0.2) is 0 Å². The summed E-state index contributed by atoms with van der Waals surface area (Å²) in [6.07, 6.45) is 2.85. The second-order valence-corrected chi connectivity index (χ2v) is 8.34. The van der Waals surface area contributed by atoms with Gasteiger partial charge in [-0.2, -0.15) is 4.98 Å². The summed E-state index contributed by atoms with van der Waals surface area (Å²) >= 11 is 1.74. The van der Waals surface area contributed by atoms with Gasteiger partial charge >= 0.3 is 0 Å². The number of nitrogens with two attached hydrogens (primary N) is 1. The summed E-state index contributed by atoms with van der Waals surface area (Å²) < 4.78 is 6.49. The van der Waals surface area contributed by atoms with Gasteiger partial charge in [0.05, 0.1) is 23.4 Å². The number of rotatable bonds is 7. The van der Waals surface area contributed by atoms with Gasteiger partial charge in [-0.3, -0.25) is 4.90 Å². The van der Waals surface area contributed by atoms with Gasteiger partial charge < -0.3 is 15.8 Å². The Morgan fingerprint density at radius 2 is 2.03 bits per heavy atom. The Balaban J connectivity index is 1.63. The summed E-state index contributed by atoms with van der Waals surface area (Å²) in [7, 11) is 0. The first-order chi connectivity index (χ1) is 14.2. The van der Waals surface area contributed by atoms with E-state index in [-0.39, 0.29) is 12.0 Å². The highest BCUT2D eigenvalue weighted by Gasteiger charge is 2.19. The highest BCUT2D eigenvalue weighted by Crippen LogP contribution is 2.37. The molecule has 29 heavy (non-hydrogen) atoms. The largest absolute Gasteiger partial charge is 0.379 e. The van der Waals surface area contributed by atoms with Crippen LogP contribution in [0.15, 0.2) is 36.9 Å². The van der Waals surface area contributed by atoms with E-state index in [2.05, 4.69) is 45.8 Å². The van der Waals surface area contributed by atoms with Crippen molar-refractivity contribution in [2.75, 3.05) is 43.9 Å². The number of nitrogens with zero attached hydrogens (tertiary/aromatic N) is 3. The third kappa shape index (κ3) is 4.42. The molecule has 3 aromatic rings. The number of morpholine rings is 1. The minimum atomic E-state index is 0.111. The number of anilines is 2. The summed E-state index contributed by atoms with van der Waals surface area (Å²) in [5, 5.41) is 3.53. The lowest BCUT2D eigenvalue weighted by Gasteiger charge is -2.26. The number of nitrogens with one attached hydrogen (secondary N) is 1. The summed E-state index contributed by atoms with van der Waals surface area (Å²) in [5.74, 6) is 1.07. The standard InChI is InChI=1S/C22H27N5OS/c1-3-17-18(9-10-27-11-13-28-14-12-27)29-20-19(17)25-22(23)26-21(20)24-15(2)16-7-5-4-6-8-16/h3-8,15H,1,9-14H2,2H3,(H3,23,24,25,26). The van der Waals surface area contributed by atoms with Crippen LogP contribution in [-0.4, -0.2) is 47.7 Å². The Morgan fingerprint density at radius 1 is 1.28 bits per heavy atom. The SMILES string of the molecule is C=Cc1c(CCN2CCOCC2)sc2c(NC(C)c3ccccc3)nc(N)nc12. The molecule has 3 N–H and O–H groups in total. The first kappa shape index (κ1) is 19.8. The summed E-state index contributed by atoms with van der Waals surface area (Å²) in [5.41, 5.74) is 9.21. The maximum absolute atomic E-state index is 6.05. The van der Waals surface area contributed by atoms with Crippen LogP contribution in [0.25, 0.3) is 16.3 Å². The van der Waals surface area contributed by atoms with Crippen LogP contribution in [0.4, 0.5) is 11.8 Å². The Labute approximate surface area is 175 Å². The number of benzene rings is 1. The van der Waals surface area contributed by atoms with E-state index in [0.29, 0.717) is 0 Å². The van der Waals surface area contributed by atoms with Crippen molar-refractivity contribution in [2.24, 2.45) is 0 Å². The molecule has 2 aromatic heterocycles. The predicted molar refractivity (Wildman–Crippen MR) is 121 cm³/mol. The molecule has 0 saturated carbocycles. The van der Waals surface area contributed by atoms with Crippen LogP contribution >= 0.6 is 11.3 Å². The maximum atomic E-state index is 6.05. The Kier molecular flexibility index (Phi) is 6.08. The van der Waals surface area contributed by atoms with Gasteiger partial charge in [-0.15, -0.1) is 11.3 Å². The van der Waals surface area contributed by atoms with Crippen molar-refractivity contribution in [3.8, 4) is 0 Å². The maximum Gasteiger partial charge on any atom is 0.222 e. The topological polar surface area (TPSA) is 76.3 Å². The smallest absolute Gasteiger partial charge is 0.222 e. The second kappa shape index (κ2) is 8.90. The molecule has 1 unspecified atom stereocenters. The summed E-state index contributed by atoms with van der Waals surface area (Å²) in [4.78, 5) is 12.8. The van der Waals surface area contributed by atoms with Crippen LogP contribution in [0.5, 0.6) is 0 Å². The lowest BCUT2D eigenvalue weighted by Crippen LogP contribution is -2.37. The fraction of sp³-hybridized carbons (Fsp3) is 0.364. The summed E-state index contributed by atoms with van der Waals surface area (Å²) in [6.45, 7) is 10.8. The zero-order valence-corrected chi connectivity index (χ0v) is 17.5. The summed E-state index contributed by atoms with van der Waals surface area (Å²) in [6, 6.07) is 10.4. The van der Waals surface area contributed by atoms with Gasteiger partial charge in [0.25, 0.3) is 0 Å². The zero-order chi connectivity index (χ0) is 20.2. The molecular weight excluding hydrogens is 382 g/mol. The first-order valence-corrected chi connectivity index (χ1v) is 10.8. The molecule has 0 amide bonds. The fourth-order valence-electron chi connectivity index (χ4n) is 3.67. The lowest BCUT2D eigenvalue weighted by molar-refractivity contribution is 0.0385. The van der Waals surface area contributed by atoms with Crippen LogP contribution in [0.3, 0.4) is 0 Å². The molecular formula is C22H27N5OS. The molecule has 4 rings (SSSR count). The average Bonchev–Trinajstić information content (AvgIpc) is 3.11. The number of fused-ring (bicyclic) bond motifs is 1. The van der Waals surface area contributed by atoms with Gasteiger partial charge in [0, 0.05) is 36.1 Å². The third-order valence-corrected chi connectivity index (χ3v) is 6.54. The van der Waals surface area contributed by atoms with E-state index < -0.39 is 0 Å². The lowest BCUT2D eigenvalue weighted by atomic mass is 10.1. The number of thiophene rings is 1. The van der Waals surface area contributed by atoms with Crippen molar-refractivity contribution in [3.63, 3.8) is 0 Å². The molecule has 1 atom stereocenters. The monoisotopic (exact) mass is 409 g/mol. The minimum absolute atomic E-state index is 0.111. The van der Waals surface area contributed by atoms with Gasteiger partial charge in [-0.1, -0.05) is 43.0 Å². The van der Waals surface area contributed by atoms with Crippen molar-refractivity contribution in [2.45, 2.75) is 19.4 Å². The molecule has 1 aliphatic heterocycles. The van der Waals surface area contributed by atoms with Gasteiger partial charge in [0.2, 0.25) is 5.95 Å². The van der Waals surface area contributed by atoms with Crippen molar-refractivity contribution in [1.82, 2.24) is 14.9 Å². The van der Waals surface area contributed by atoms with Crippen molar-refractivity contribution in [1.29, 1.82) is 0 Å². The van der Waals surface area contributed by atoms with E-state index >= 15 is 0 Å². The van der Waals surface area contributed by atoms with E-state index in [4.69, 9.17) is 10.5 Å². The van der Waals surface area contributed by atoms with E-state index in [9.17, 15) is 0 Å². The van der Waals surface area contributed by atoms with Gasteiger partial charge in [-0.05, 0) is 18.9 Å². The molecule has 3 heterocycles. The Hall–Kier alpha value is -2.48. The molecule has 1 aromatic carbocycles. The normalized spacial score (nSPS) is 16.0. The van der Waals surface area contributed by atoms with Crippen LogP contribution in [-0.2, 0) is 11.2 Å². The average molecular weight is 410 g/mol. The molecule has 0 radical (unpaired) electrons. The number of ether oxygens (including phenoxy) is 1. The van der Waals surface area contributed by atoms with E-state index in [0.717, 1.165) is 60.9 Å². The molecule has 0 bridgehead atoms. The number of hydrogen-bond acceptors (Lipinski definition) is 7. The van der Waals surface area contributed by atoms with Gasteiger partial charge in [-0.25, -0.2) is 4.98 Å². The van der Waals surface area contributed by atoms with E-state index in [1.807, 2.05) is 24.3 Å². The molecule has 0 spiro atoms. The fourth-order valence-corrected chi connectivity index (χ4v) is 4.85.